The summed E-state index contributed by atoms with van der Waals surface area (Å²) in [4.78, 5) is 12.0. The lowest BCUT2D eigenvalue weighted by Gasteiger charge is -2.28. The first-order valence-electron chi connectivity index (χ1n) is 7.78. The molecule has 110 valence electrons. The van der Waals surface area contributed by atoms with Crippen molar-refractivity contribution in [3.05, 3.63) is 29.8 Å². The maximum atomic E-state index is 12.0. The number of carbonyl (C=O) groups is 1. The zero-order chi connectivity index (χ0) is 14.4. The maximum Gasteiger partial charge on any atom is 0.238 e. The van der Waals surface area contributed by atoms with Crippen molar-refractivity contribution >= 4 is 11.6 Å². The third kappa shape index (κ3) is 4.34. The van der Waals surface area contributed by atoms with Crippen LogP contribution < -0.4 is 10.6 Å². The van der Waals surface area contributed by atoms with E-state index in [0.29, 0.717) is 12.6 Å². The van der Waals surface area contributed by atoms with Gasteiger partial charge in [0.15, 0.2) is 0 Å². The van der Waals surface area contributed by atoms with Crippen LogP contribution in [0, 0.1) is 12.8 Å². The summed E-state index contributed by atoms with van der Waals surface area (Å²) in [6, 6.07) is 8.40. The Bertz CT molecular complexity index is 436. The Labute approximate surface area is 122 Å². The van der Waals surface area contributed by atoms with Crippen LogP contribution in [0.15, 0.2) is 24.3 Å². The molecule has 1 amide bonds. The van der Waals surface area contributed by atoms with Gasteiger partial charge in [-0.05, 0) is 50.2 Å². The van der Waals surface area contributed by atoms with E-state index < -0.39 is 0 Å². The Morgan fingerprint density at radius 3 is 2.55 bits per heavy atom. The zero-order valence-corrected chi connectivity index (χ0v) is 12.6. The number of para-hydroxylation sites is 1. The van der Waals surface area contributed by atoms with Gasteiger partial charge in [0, 0.05) is 11.7 Å². The molecule has 3 heteroatoms. The SMILES string of the molecule is CCC1CCC(NCC(=O)Nc2ccccc2C)CC1. The molecule has 0 unspecified atom stereocenters. The first-order chi connectivity index (χ1) is 9.69. The largest absolute Gasteiger partial charge is 0.325 e. The van der Waals surface area contributed by atoms with Crippen LogP contribution in [0.5, 0.6) is 0 Å². The van der Waals surface area contributed by atoms with Crippen LogP contribution in [0.2, 0.25) is 0 Å². The molecule has 1 aromatic rings. The van der Waals surface area contributed by atoms with E-state index in [-0.39, 0.29) is 5.91 Å². The summed E-state index contributed by atoms with van der Waals surface area (Å²) in [5, 5.41) is 6.36. The molecular formula is C17H26N2O. The second-order valence-corrected chi connectivity index (χ2v) is 5.87. The van der Waals surface area contributed by atoms with E-state index in [1.54, 1.807) is 0 Å². The van der Waals surface area contributed by atoms with Gasteiger partial charge in [0.25, 0.3) is 0 Å². The Balaban J connectivity index is 1.72. The van der Waals surface area contributed by atoms with Crippen molar-refractivity contribution < 1.29 is 4.79 Å². The molecule has 0 aromatic heterocycles. The van der Waals surface area contributed by atoms with Crippen LogP contribution in [-0.2, 0) is 4.79 Å². The van der Waals surface area contributed by atoms with Crippen LogP contribution in [0.1, 0.15) is 44.6 Å². The quantitative estimate of drug-likeness (QED) is 0.863. The minimum absolute atomic E-state index is 0.0527. The van der Waals surface area contributed by atoms with Crippen LogP contribution in [-0.4, -0.2) is 18.5 Å². The van der Waals surface area contributed by atoms with E-state index >= 15 is 0 Å². The van der Waals surface area contributed by atoms with Gasteiger partial charge in [0.1, 0.15) is 0 Å². The second-order valence-electron chi connectivity index (χ2n) is 5.87. The van der Waals surface area contributed by atoms with Gasteiger partial charge < -0.3 is 10.6 Å². The fourth-order valence-electron chi connectivity index (χ4n) is 2.92. The zero-order valence-electron chi connectivity index (χ0n) is 12.6. The van der Waals surface area contributed by atoms with Crippen LogP contribution >= 0.6 is 0 Å². The third-order valence-electron chi connectivity index (χ3n) is 4.39. The smallest absolute Gasteiger partial charge is 0.238 e. The lowest BCUT2D eigenvalue weighted by atomic mass is 9.84. The molecule has 1 aromatic carbocycles. The molecule has 1 fully saturated rings. The minimum Gasteiger partial charge on any atom is -0.325 e. The van der Waals surface area contributed by atoms with E-state index in [1.807, 2.05) is 31.2 Å². The van der Waals surface area contributed by atoms with E-state index in [4.69, 9.17) is 0 Å². The van der Waals surface area contributed by atoms with Crippen LogP contribution in [0.4, 0.5) is 5.69 Å². The molecule has 1 saturated carbocycles. The third-order valence-corrected chi connectivity index (χ3v) is 4.39. The molecule has 0 bridgehead atoms. The molecule has 3 nitrogen and oxygen atoms in total. The number of amides is 1. The predicted octanol–water partition coefficient (Wildman–Crippen LogP) is 3.49. The van der Waals surface area contributed by atoms with Crippen molar-refractivity contribution in [2.24, 2.45) is 5.92 Å². The van der Waals surface area contributed by atoms with E-state index in [9.17, 15) is 4.79 Å². The lowest BCUT2D eigenvalue weighted by molar-refractivity contribution is -0.115. The molecule has 0 aliphatic heterocycles. The predicted molar refractivity (Wildman–Crippen MR) is 83.8 cm³/mol. The minimum atomic E-state index is 0.0527. The number of hydrogen-bond acceptors (Lipinski definition) is 2. The summed E-state index contributed by atoms with van der Waals surface area (Å²) < 4.78 is 0. The highest BCUT2D eigenvalue weighted by Crippen LogP contribution is 2.26. The normalized spacial score (nSPS) is 22.5. The summed E-state index contributed by atoms with van der Waals surface area (Å²) in [5.41, 5.74) is 2.01. The van der Waals surface area contributed by atoms with Gasteiger partial charge >= 0.3 is 0 Å². The molecule has 0 heterocycles. The first-order valence-corrected chi connectivity index (χ1v) is 7.78. The van der Waals surface area contributed by atoms with Crippen LogP contribution in [0.25, 0.3) is 0 Å². The summed E-state index contributed by atoms with van der Waals surface area (Å²) >= 11 is 0. The summed E-state index contributed by atoms with van der Waals surface area (Å²) in [5.74, 6) is 0.950. The van der Waals surface area contributed by atoms with Crippen molar-refractivity contribution in [2.45, 2.75) is 52.0 Å². The molecule has 0 radical (unpaired) electrons. The van der Waals surface area contributed by atoms with Gasteiger partial charge in [-0.15, -0.1) is 0 Å². The summed E-state index contributed by atoms with van der Waals surface area (Å²) in [7, 11) is 0. The monoisotopic (exact) mass is 274 g/mol. The Kier molecular flexibility index (Phi) is 5.60. The molecule has 0 spiro atoms. The van der Waals surface area contributed by atoms with Crippen molar-refractivity contribution in [2.75, 3.05) is 11.9 Å². The summed E-state index contributed by atoms with van der Waals surface area (Å²) in [6.45, 7) is 4.69. The highest BCUT2D eigenvalue weighted by molar-refractivity contribution is 5.92. The van der Waals surface area contributed by atoms with Gasteiger partial charge in [-0.3, -0.25) is 4.79 Å². The standard InChI is InChI=1S/C17H26N2O/c1-3-14-8-10-15(11-9-14)18-12-17(20)19-16-7-5-4-6-13(16)2/h4-7,14-15,18H,3,8-12H2,1-2H3,(H,19,20). The number of anilines is 1. The average molecular weight is 274 g/mol. The highest BCUT2D eigenvalue weighted by atomic mass is 16.1. The van der Waals surface area contributed by atoms with Gasteiger partial charge in [0.05, 0.1) is 6.54 Å². The van der Waals surface area contributed by atoms with Crippen molar-refractivity contribution in [1.29, 1.82) is 0 Å². The van der Waals surface area contributed by atoms with Crippen LogP contribution in [0.3, 0.4) is 0 Å². The highest BCUT2D eigenvalue weighted by Gasteiger charge is 2.20. The maximum absolute atomic E-state index is 12.0. The number of carbonyl (C=O) groups excluding carboxylic acids is 1. The van der Waals surface area contributed by atoms with Crippen molar-refractivity contribution in [3.8, 4) is 0 Å². The lowest BCUT2D eigenvalue weighted by Crippen LogP contribution is -2.38. The molecule has 20 heavy (non-hydrogen) atoms. The molecule has 0 saturated heterocycles. The number of nitrogens with one attached hydrogen (secondary N) is 2. The molecule has 1 aliphatic carbocycles. The second kappa shape index (κ2) is 7.44. The molecule has 2 rings (SSSR count). The number of benzene rings is 1. The fourth-order valence-corrected chi connectivity index (χ4v) is 2.92. The molecule has 1 aliphatic rings. The topological polar surface area (TPSA) is 41.1 Å². The molecule has 2 N–H and O–H groups in total. The van der Waals surface area contributed by atoms with Gasteiger partial charge in [-0.1, -0.05) is 31.5 Å². The summed E-state index contributed by atoms with van der Waals surface area (Å²) in [6.07, 6.45) is 6.30. The Hall–Kier alpha value is -1.35. The van der Waals surface area contributed by atoms with Crippen molar-refractivity contribution in [3.63, 3.8) is 0 Å². The van der Waals surface area contributed by atoms with E-state index in [1.165, 1.54) is 32.1 Å². The fraction of sp³-hybridized carbons (Fsp3) is 0.588. The number of rotatable bonds is 5. The average Bonchev–Trinajstić information content (AvgIpc) is 2.48. The molecule has 0 atom stereocenters. The van der Waals surface area contributed by atoms with E-state index in [2.05, 4.69) is 17.6 Å². The first kappa shape index (κ1) is 15.0. The van der Waals surface area contributed by atoms with E-state index in [0.717, 1.165) is 17.2 Å². The van der Waals surface area contributed by atoms with Gasteiger partial charge in [0.2, 0.25) is 5.91 Å². The molecular weight excluding hydrogens is 248 g/mol. The Morgan fingerprint density at radius 1 is 1.20 bits per heavy atom. The van der Waals surface area contributed by atoms with Crippen molar-refractivity contribution in [1.82, 2.24) is 5.32 Å². The number of aryl methyl sites for hydroxylation is 1. The van der Waals surface area contributed by atoms with Gasteiger partial charge in [-0.25, -0.2) is 0 Å². The number of hydrogen-bond donors (Lipinski definition) is 2. The Morgan fingerprint density at radius 2 is 1.90 bits per heavy atom. The van der Waals surface area contributed by atoms with Gasteiger partial charge in [-0.2, -0.15) is 0 Å².